The van der Waals surface area contributed by atoms with Gasteiger partial charge in [-0.2, -0.15) is 0 Å². The summed E-state index contributed by atoms with van der Waals surface area (Å²) in [5.41, 5.74) is 3.43. The van der Waals surface area contributed by atoms with E-state index in [4.69, 9.17) is 25.3 Å². The molecule has 6 heteroatoms. The fraction of sp³-hybridized carbons (Fsp3) is 0.0769. The van der Waals surface area contributed by atoms with Crippen molar-refractivity contribution in [3.63, 3.8) is 0 Å². The summed E-state index contributed by atoms with van der Waals surface area (Å²) in [5, 5.41) is 5.55. The SMILES string of the molecule is Cc1c(C(=O)c2ccccc2)oc2cc(OCc3cc(-c4ccccc4Cl)no3)ccc12. The molecule has 0 spiro atoms. The first kappa shape index (κ1) is 20.1. The highest BCUT2D eigenvalue weighted by Crippen LogP contribution is 2.31. The number of nitrogens with zero attached hydrogens (tertiary/aromatic N) is 1. The third-order valence-corrected chi connectivity index (χ3v) is 5.57. The zero-order valence-electron chi connectivity index (χ0n) is 17.2. The monoisotopic (exact) mass is 443 g/mol. The minimum absolute atomic E-state index is 0.143. The summed E-state index contributed by atoms with van der Waals surface area (Å²) >= 11 is 6.23. The molecule has 0 amide bonds. The smallest absolute Gasteiger partial charge is 0.228 e. The molecule has 0 aliphatic rings. The van der Waals surface area contributed by atoms with Gasteiger partial charge in [-0.25, -0.2) is 0 Å². The lowest BCUT2D eigenvalue weighted by atomic mass is 10.0. The van der Waals surface area contributed by atoms with Crippen molar-refractivity contribution in [3.8, 4) is 17.0 Å². The lowest BCUT2D eigenvalue weighted by Gasteiger charge is -2.03. The van der Waals surface area contributed by atoms with Gasteiger partial charge in [-0.15, -0.1) is 0 Å². The maximum atomic E-state index is 12.8. The molecule has 2 aromatic heterocycles. The Balaban J connectivity index is 1.35. The van der Waals surface area contributed by atoms with Crippen molar-refractivity contribution in [1.29, 1.82) is 0 Å². The molecule has 0 saturated heterocycles. The molecule has 0 N–H and O–H groups in total. The summed E-state index contributed by atoms with van der Waals surface area (Å²) in [4.78, 5) is 12.8. The number of rotatable bonds is 6. The van der Waals surface area contributed by atoms with Crippen LogP contribution < -0.4 is 4.74 Å². The number of benzene rings is 3. The van der Waals surface area contributed by atoms with E-state index in [2.05, 4.69) is 5.16 Å². The number of carbonyl (C=O) groups is 1. The van der Waals surface area contributed by atoms with Crippen molar-refractivity contribution in [2.75, 3.05) is 0 Å². The minimum atomic E-state index is -0.143. The van der Waals surface area contributed by atoms with Gasteiger partial charge in [0.05, 0.1) is 5.02 Å². The second-order valence-corrected chi connectivity index (χ2v) is 7.76. The van der Waals surface area contributed by atoms with E-state index in [1.165, 1.54) is 0 Å². The molecule has 0 radical (unpaired) electrons. The molecule has 5 rings (SSSR count). The largest absolute Gasteiger partial charge is 0.485 e. The van der Waals surface area contributed by atoms with Crippen molar-refractivity contribution in [2.45, 2.75) is 13.5 Å². The van der Waals surface area contributed by atoms with E-state index in [-0.39, 0.29) is 12.4 Å². The molecule has 5 aromatic rings. The topological polar surface area (TPSA) is 65.5 Å². The fourth-order valence-electron chi connectivity index (χ4n) is 3.56. The average molecular weight is 444 g/mol. The van der Waals surface area contributed by atoms with Gasteiger partial charge in [0.25, 0.3) is 0 Å². The van der Waals surface area contributed by atoms with Crippen LogP contribution in [0, 0.1) is 6.92 Å². The molecule has 5 nitrogen and oxygen atoms in total. The van der Waals surface area contributed by atoms with Gasteiger partial charge < -0.3 is 13.7 Å². The Labute approximate surface area is 189 Å². The number of carbonyl (C=O) groups excluding carboxylic acids is 1. The molecular weight excluding hydrogens is 426 g/mol. The number of aryl methyl sites for hydroxylation is 1. The van der Waals surface area contributed by atoms with Gasteiger partial charge in [-0.3, -0.25) is 4.79 Å². The molecule has 0 unspecified atom stereocenters. The van der Waals surface area contributed by atoms with Crippen molar-refractivity contribution in [2.24, 2.45) is 0 Å². The van der Waals surface area contributed by atoms with E-state index in [9.17, 15) is 4.79 Å². The molecule has 32 heavy (non-hydrogen) atoms. The van der Waals surface area contributed by atoms with Crippen LogP contribution in [0.4, 0.5) is 0 Å². The number of aromatic nitrogens is 1. The van der Waals surface area contributed by atoms with E-state index in [1.807, 2.05) is 55.5 Å². The summed E-state index contributed by atoms with van der Waals surface area (Å²) < 4.78 is 17.2. The molecular formula is C26H18ClNO4. The highest BCUT2D eigenvalue weighted by Gasteiger charge is 2.19. The highest BCUT2D eigenvalue weighted by atomic mass is 35.5. The quantitative estimate of drug-likeness (QED) is 0.268. The van der Waals surface area contributed by atoms with Crippen molar-refractivity contribution in [1.82, 2.24) is 5.16 Å². The highest BCUT2D eigenvalue weighted by molar-refractivity contribution is 6.33. The van der Waals surface area contributed by atoms with Crippen molar-refractivity contribution >= 4 is 28.4 Å². The van der Waals surface area contributed by atoms with Crippen LogP contribution in [-0.2, 0) is 6.61 Å². The minimum Gasteiger partial charge on any atom is -0.485 e. The van der Waals surface area contributed by atoms with Crippen LogP contribution in [0.2, 0.25) is 5.02 Å². The molecule has 0 bridgehead atoms. The zero-order valence-corrected chi connectivity index (χ0v) is 17.9. The fourth-order valence-corrected chi connectivity index (χ4v) is 3.80. The van der Waals surface area contributed by atoms with Gasteiger partial charge in [-0.05, 0) is 25.1 Å². The average Bonchev–Trinajstić information content (AvgIpc) is 3.42. The molecule has 0 atom stereocenters. The molecule has 0 aliphatic heterocycles. The molecule has 0 fully saturated rings. The van der Waals surface area contributed by atoms with Crippen molar-refractivity contribution in [3.05, 3.63) is 107 Å². The van der Waals surface area contributed by atoms with Gasteiger partial charge in [0.15, 0.2) is 11.5 Å². The maximum Gasteiger partial charge on any atom is 0.228 e. The molecule has 2 heterocycles. The third-order valence-electron chi connectivity index (χ3n) is 5.24. The Morgan fingerprint density at radius 3 is 2.59 bits per heavy atom. The van der Waals surface area contributed by atoms with Gasteiger partial charge in [0, 0.05) is 34.2 Å². The number of halogens is 1. The summed E-state index contributed by atoms with van der Waals surface area (Å²) in [6.07, 6.45) is 0. The maximum absolute atomic E-state index is 12.8. The van der Waals surface area contributed by atoms with Crippen LogP contribution in [0.5, 0.6) is 5.75 Å². The van der Waals surface area contributed by atoms with E-state index < -0.39 is 0 Å². The first-order valence-corrected chi connectivity index (χ1v) is 10.4. The molecule has 158 valence electrons. The first-order chi connectivity index (χ1) is 15.6. The number of furan rings is 1. The molecule has 3 aromatic carbocycles. The predicted octanol–water partition coefficient (Wildman–Crippen LogP) is 6.86. The van der Waals surface area contributed by atoms with Crippen LogP contribution in [0.3, 0.4) is 0 Å². The van der Waals surface area contributed by atoms with Crippen LogP contribution in [0.25, 0.3) is 22.2 Å². The lowest BCUT2D eigenvalue weighted by Crippen LogP contribution is -2.00. The Morgan fingerprint density at radius 2 is 1.78 bits per heavy atom. The van der Waals surface area contributed by atoms with Crippen LogP contribution >= 0.6 is 11.6 Å². The Morgan fingerprint density at radius 1 is 1.00 bits per heavy atom. The number of hydrogen-bond donors (Lipinski definition) is 0. The summed E-state index contributed by atoms with van der Waals surface area (Å²) in [6.45, 7) is 2.08. The third kappa shape index (κ3) is 3.79. The Hall–Kier alpha value is -3.83. The predicted molar refractivity (Wildman–Crippen MR) is 122 cm³/mol. The van der Waals surface area contributed by atoms with Gasteiger partial charge in [0.2, 0.25) is 5.78 Å². The normalized spacial score (nSPS) is 11.1. The Bertz CT molecular complexity index is 1420. The van der Waals surface area contributed by atoms with E-state index in [0.29, 0.717) is 39.1 Å². The summed E-state index contributed by atoms with van der Waals surface area (Å²) in [5.74, 6) is 1.36. The number of ketones is 1. The van der Waals surface area contributed by atoms with Gasteiger partial charge in [-0.1, -0.05) is 65.3 Å². The Kier molecular flexibility index (Phi) is 5.25. The van der Waals surface area contributed by atoms with E-state index in [1.54, 1.807) is 30.3 Å². The summed E-state index contributed by atoms with van der Waals surface area (Å²) in [6, 6.07) is 23.8. The lowest BCUT2D eigenvalue weighted by molar-refractivity contribution is 0.101. The standard InChI is InChI=1S/C26H18ClNO4/c1-16-20-12-11-18(14-24(20)31-26(16)25(29)17-7-3-2-4-8-17)30-15-19-13-23(28-32-19)21-9-5-6-10-22(21)27/h2-14H,15H2,1H3. The zero-order chi connectivity index (χ0) is 22.1. The second-order valence-electron chi connectivity index (χ2n) is 7.36. The molecule has 0 aliphatic carbocycles. The van der Waals surface area contributed by atoms with Crippen LogP contribution in [0.1, 0.15) is 27.4 Å². The first-order valence-electron chi connectivity index (χ1n) is 10.1. The van der Waals surface area contributed by atoms with Gasteiger partial charge >= 0.3 is 0 Å². The summed E-state index contributed by atoms with van der Waals surface area (Å²) in [7, 11) is 0. The van der Waals surface area contributed by atoms with Gasteiger partial charge in [0.1, 0.15) is 23.6 Å². The number of fused-ring (bicyclic) bond motifs is 1. The van der Waals surface area contributed by atoms with E-state index >= 15 is 0 Å². The second kappa shape index (κ2) is 8.36. The number of hydrogen-bond acceptors (Lipinski definition) is 5. The van der Waals surface area contributed by atoms with Crippen LogP contribution in [-0.4, -0.2) is 10.9 Å². The number of ether oxygens (including phenoxy) is 1. The van der Waals surface area contributed by atoms with E-state index in [0.717, 1.165) is 16.5 Å². The van der Waals surface area contributed by atoms with Crippen molar-refractivity contribution < 1.29 is 18.5 Å². The van der Waals surface area contributed by atoms with Crippen LogP contribution in [0.15, 0.2) is 87.8 Å². The molecule has 0 saturated carbocycles.